The van der Waals surface area contributed by atoms with E-state index in [0.29, 0.717) is 38.5 Å². The first-order valence-corrected chi connectivity index (χ1v) is 20.8. The third kappa shape index (κ3) is 7.85. The highest BCUT2D eigenvalue weighted by Gasteiger charge is 2.62. The van der Waals surface area contributed by atoms with Crippen LogP contribution in [0.4, 0.5) is 13.6 Å². The average molecular weight is 774 g/mol. The van der Waals surface area contributed by atoms with Crippen LogP contribution in [0.3, 0.4) is 0 Å². The molecule has 4 aliphatic heterocycles. The molecule has 6 atom stereocenters. The second-order valence-corrected chi connectivity index (χ2v) is 18.0. The van der Waals surface area contributed by atoms with Crippen molar-refractivity contribution in [3.05, 3.63) is 47.5 Å². The topological polar surface area (TPSA) is 174 Å². The average Bonchev–Trinajstić information content (AvgIpc) is 4.05. The summed E-state index contributed by atoms with van der Waals surface area (Å²) in [4.78, 5) is 73.0. The van der Waals surface area contributed by atoms with Crippen LogP contribution >= 0.6 is 0 Å². The zero-order chi connectivity index (χ0) is 38.4. The quantitative estimate of drug-likeness (QED) is 0.367. The first-order valence-electron chi connectivity index (χ1n) is 19.3. The molecule has 2 aliphatic carbocycles. The highest BCUT2D eigenvalue weighted by Crippen LogP contribution is 2.47. The Labute approximate surface area is 313 Å². The summed E-state index contributed by atoms with van der Waals surface area (Å²) in [6, 6.07) is 5.59. The van der Waals surface area contributed by atoms with Crippen LogP contribution in [-0.2, 0) is 35.6 Å². The number of carboxylic acid groups (broad SMARTS) is 1. The maximum Gasteiger partial charge on any atom is 0.407 e. The monoisotopic (exact) mass is 773 g/mol. The Morgan fingerprint density at radius 2 is 1.80 bits per heavy atom. The minimum atomic E-state index is -3.94. The van der Waals surface area contributed by atoms with Gasteiger partial charge in [0.2, 0.25) is 27.7 Å². The summed E-state index contributed by atoms with van der Waals surface area (Å²) in [5.74, 6) is -7.56. The number of carbonyl (C=O) groups excluding carboxylic acids is 4. The fourth-order valence-corrected chi connectivity index (χ4v) is 10.4. The lowest BCUT2D eigenvalue weighted by Crippen LogP contribution is -2.57. The lowest BCUT2D eigenvalue weighted by atomic mass is 9.83. The van der Waals surface area contributed by atoms with Crippen LogP contribution in [0.25, 0.3) is 0 Å². The van der Waals surface area contributed by atoms with Crippen LogP contribution in [0.5, 0.6) is 0 Å². The summed E-state index contributed by atoms with van der Waals surface area (Å²) in [6.07, 6.45) is 6.60. The van der Waals surface area contributed by atoms with E-state index >= 15 is 0 Å². The van der Waals surface area contributed by atoms with Crippen LogP contribution < -0.4 is 10.0 Å². The van der Waals surface area contributed by atoms with E-state index in [0.717, 1.165) is 22.4 Å². The second kappa shape index (κ2) is 14.9. The number of allylic oxidation sites excluding steroid dienone is 1. The van der Waals surface area contributed by atoms with Gasteiger partial charge in [-0.15, -0.1) is 0 Å². The van der Waals surface area contributed by atoms with E-state index < -0.39 is 92.8 Å². The molecule has 3 N–H and O–H groups in total. The van der Waals surface area contributed by atoms with Gasteiger partial charge in [0.25, 0.3) is 11.8 Å². The number of rotatable bonds is 6. The predicted octanol–water partition coefficient (Wildman–Crippen LogP) is 3.75. The molecule has 1 aromatic rings. The number of fused-ring (bicyclic) bond motifs is 3. The van der Waals surface area contributed by atoms with Crippen molar-refractivity contribution in [2.45, 2.75) is 112 Å². The van der Waals surface area contributed by atoms with Crippen molar-refractivity contribution in [2.24, 2.45) is 17.8 Å². The molecular weight excluding hydrogens is 725 g/mol. The second-order valence-electron chi connectivity index (χ2n) is 16.1. The highest BCUT2D eigenvalue weighted by atomic mass is 32.2. The predicted molar refractivity (Wildman–Crippen MR) is 191 cm³/mol. The summed E-state index contributed by atoms with van der Waals surface area (Å²) in [5.41, 5.74) is 0.169. The third-order valence-corrected chi connectivity index (χ3v) is 14.0. The van der Waals surface area contributed by atoms with Crippen LogP contribution in [0.1, 0.15) is 94.2 Å². The first-order chi connectivity index (χ1) is 25.7. The van der Waals surface area contributed by atoms with Crippen LogP contribution in [-0.4, -0.2) is 107 Å². The van der Waals surface area contributed by atoms with Crippen LogP contribution in [0.2, 0.25) is 0 Å². The normalized spacial score (nSPS) is 31.6. The van der Waals surface area contributed by atoms with E-state index in [1.165, 1.54) is 9.80 Å². The van der Waals surface area contributed by atoms with Gasteiger partial charge in [0.05, 0.1) is 17.8 Å². The Bertz CT molecular complexity index is 1820. The summed E-state index contributed by atoms with van der Waals surface area (Å²) in [5, 5.41) is 12.5. The van der Waals surface area contributed by atoms with Gasteiger partial charge in [-0.2, -0.15) is 0 Å². The van der Waals surface area contributed by atoms with Gasteiger partial charge in [-0.1, -0.05) is 49.3 Å². The minimum absolute atomic E-state index is 0.0231. The lowest BCUT2D eigenvalue weighted by Gasteiger charge is -2.39. The maximum absolute atomic E-state index is 14.7. The fraction of sp³-hybridized carbons (Fsp3) is 0.658. The summed E-state index contributed by atoms with van der Waals surface area (Å²) in [6.45, 7) is -0.371. The van der Waals surface area contributed by atoms with Crippen molar-refractivity contribution >= 4 is 39.7 Å². The van der Waals surface area contributed by atoms with E-state index in [1.807, 2.05) is 36.4 Å². The molecule has 0 radical (unpaired) electrons. The number of amides is 5. The van der Waals surface area contributed by atoms with Gasteiger partial charge in [-0.05, 0) is 68.9 Å². The molecule has 54 heavy (non-hydrogen) atoms. The van der Waals surface area contributed by atoms with E-state index in [-0.39, 0.29) is 58.2 Å². The van der Waals surface area contributed by atoms with E-state index in [4.69, 9.17) is 0 Å². The van der Waals surface area contributed by atoms with E-state index in [9.17, 15) is 46.3 Å². The maximum atomic E-state index is 14.7. The van der Waals surface area contributed by atoms with Gasteiger partial charge in [-0.25, -0.2) is 22.0 Å². The molecule has 4 heterocycles. The van der Waals surface area contributed by atoms with Crippen molar-refractivity contribution in [1.82, 2.24) is 24.7 Å². The zero-order valence-corrected chi connectivity index (χ0v) is 31.1. The van der Waals surface area contributed by atoms with Gasteiger partial charge in [0.1, 0.15) is 11.6 Å². The van der Waals surface area contributed by atoms with Gasteiger partial charge >= 0.3 is 6.09 Å². The fourth-order valence-electron chi connectivity index (χ4n) is 9.03. The number of hydrogen-bond donors (Lipinski definition) is 3. The Hall–Kier alpha value is -4.08. The van der Waals surface area contributed by atoms with Crippen LogP contribution in [0.15, 0.2) is 36.4 Å². The van der Waals surface area contributed by atoms with E-state index in [1.54, 1.807) is 0 Å². The molecule has 0 bridgehead atoms. The molecule has 1 aromatic carbocycles. The molecule has 2 saturated carbocycles. The molecule has 16 heteroatoms. The Morgan fingerprint density at radius 3 is 2.54 bits per heavy atom. The molecule has 5 amide bonds. The number of halogens is 2. The van der Waals surface area contributed by atoms with Gasteiger partial charge < -0.3 is 25.1 Å². The molecule has 0 aromatic heterocycles. The number of sulfonamides is 1. The van der Waals surface area contributed by atoms with Gasteiger partial charge in [-0.3, -0.25) is 23.9 Å². The number of carbonyl (C=O) groups is 5. The molecular formula is C38H49F2N5O8S. The van der Waals surface area contributed by atoms with Crippen molar-refractivity contribution in [3.63, 3.8) is 0 Å². The molecule has 13 nitrogen and oxygen atoms in total. The number of hydrogen-bond acceptors (Lipinski definition) is 7. The Balaban J connectivity index is 1.22. The summed E-state index contributed by atoms with van der Waals surface area (Å²) < 4.78 is 56.6. The molecule has 4 fully saturated rings. The number of benzene rings is 1. The largest absolute Gasteiger partial charge is 0.465 e. The number of nitrogens with one attached hydrogen (secondary N) is 2. The third-order valence-electron chi connectivity index (χ3n) is 12.2. The van der Waals surface area contributed by atoms with Crippen molar-refractivity contribution < 1.29 is 46.3 Å². The minimum Gasteiger partial charge on any atom is -0.465 e. The van der Waals surface area contributed by atoms with Crippen LogP contribution in [0, 0.1) is 17.8 Å². The summed E-state index contributed by atoms with van der Waals surface area (Å²) >= 11 is 0. The molecule has 7 rings (SSSR count). The van der Waals surface area contributed by atoms with Crippen molar-refractivity contribution in [2.75, 3.05) is 26.2 Å². The van der Waals surface area contributed by atoms with Gasteiger partial charge in [0, 0.05) is 50.2 Å². The van der Waals surface area contributed by atoms with E-state index in [2.05, 4.69) is 10.0 Å². The smallest absolute Gasteiger partial charge is 0.407 e. The molecule has 294 valence electrons. The number of nitrogens with zero attached hydrogens (tertiary/aromatic N) is 3. The first kappa shape index (κ1) is 38.2. The van der Waals surface area contributed by atoms with Gasteiger partial charge in [0.15, 0.2) is 0 Å². The number of likely N-dealkylation sites (tertiary alicyclic amines) is 1. The highest BCUT2D eigenvalue weighted by molar-refractivity contribution is 7.91. The summed E-state index contributed by atoms with van der Waals surface area (Å²) in [7, 11) is -3.94. The Kier molecular flexibility index (Phi) is 10.5. The van der Waals surface area contributed by atoms with Crippen molar-refractivity contribution in [1.29, 1.82) is 0 Å². The lowest BCUT2D eigenvalue weighted by molar-refractivity contribution is -0.148. The number of piperidine rings is 1. The number of alkyl halides is 2. The zero-order valence-electron chi connectivity index (χ0n) is 30.3. The molecule has 2 unspecified atom stereocenters. The SMILES string of the molecule is O=C1N[C@]2(C(=O)NS(=O)(=O)C3CC3)CC2C=CCCCCC[C@H](CC(=O)N2CCCC(F)(F)C2)C(=O)N2C[C@H](C3c4ccccc4CCN3C(=O)O)C[C@@H]12. The van der Waals surface area contributed by atoms with Crippen molar-refractivity contribution in [3.8, 4) is 0 Å². The molecule has 0 spiro atoms. The molecule has 2 saturated heterocycles. The molecule has 6 aliphatic rings. The standard InChI is InChI=1S/C38H49F2N5O8S/c39-37(40)16-8-17-43(23-37)31(46)20-25-10-4-2-1-3-5-11-27-21-38(27,35(49)42-54(52,53)28-13-14-28)41-33(47)30-19-26(22-45(30)34(25)48)32-29-12-7-6-9-24(29)15-18-44(32)36(50)51/h5-7,9,11-12,25-28,30,32H,1-4,8,10,13-23H2,(H,41,47)(H,42,49)(H,50,51)/t25-,26-,27?,30+,32?,38-/m1/s1. The Morgan fingerprint density at radius 1 is 1.02 bits per heavy atom.